The van der Waals surface area contributed by atoms with E-state index >= 15 is 0 Å². The van der Waals surface area contributed by atoms with Gasteiger partial charge in [0.25, 0.3) is 5.91 Å². The first-order valence-electron chi connectivity index (χ1n) is 6.25. The number of unbranched alkanes of at least 4 members (excludes halogenated alkanes) is 3. The molecule has 0 aromatic carbocycles. The summed E-state index contributed by atoms with van der Waals surface area (Å²) < 4.78 is 5.21. The fourth-order valence-electron chi connectivity index (χ4n) is 1.70. The Bertz CT molecular complexity index is 333. The van der Waals surface area contributed by atoms with E-state index < -0.39 is 0 Å². The molecule has 0 unspecified atom stereocenters. The molecule has 0 atom stereocenters. The maximum Gasteiger partial charge on any atom is 0.254 e. The maximum atomic E-state index is 11.8. The van der Waals surface area contributed by atoms with Crippen LogP contribution in [-0.4, -0.2) is 24.2 Å². The Kier molecular flexibility index (Phi) is 6.40. The molecule has 0 aliphatic rings. The fraction of sp³-hybridized carbons (Fsp3) is 0.615. The normalized spacial score (nSPS) is 10.5. The third-order valence-electron chi connectivity index (χ3n) is 2.68. The molecular formula is C13H21NO3. The molecule has 0 aliphatic heterocycles. The molecule has 0 saturated carbocycles. The summed E-state index contributed by atoms with van der Waals surface area (Å²) in [5.74, 6) is 0.681. The molecule has 0 saturated heterocycles. The highest BCUT2D eigenvalue weighted by Crippen LogP contribution is 2.10. The summed E-state index contributed by atoms with van der Waals surface area (Å²) >= 11 is 0. The number of carbonyl (C=O) groups excluding carboxylic acids is 1. The lowest BCUT2D eigenvalue weighted by Gasteiger charge is -2.04. The summed E-state index contributed by atoms with van der Waals surface area (Å²) in [6, 6.07) is 1.71. The smallest absolute Gasteiger partial charge is 0.254 e. The Morgan fingerprint density at radius 1 is 1.35 bits per heavy atom. The van der Waals surface area contributed by atoms with Crippen molar-refractivity contribution in [1.82, 2.24) is 5.32 Å². The van der Waals surface area contributed by atoms with Gasteiger partial charge in [0, 0.05) is 19.6 Å². The largest absolute Gasteiger partial charge is 0.469 e. The molecule has 17 heavy (non-hydrogen) atoms. The average Bonchev–Trinajstić information content (AvgIpc) is 2.81. The van der Waals surface area contributed by atoms with E-state index in [1.165, 1.54) is 0 Å². The summed E-state index contributed by atoms with van der Waals surface area (Å²) in [6.07, 6.45) is 6.12. The van der Waals surface area contributed by atoms with Gasteiger partial charge in [0.15, 0.2) is 0 Å². The molecule has 96 valence electrons. The van der Waals surface area contributed by atoms with Gasteiger partial charge in [0.1, 0.15) is 5.76 Å². The van der Waals surface area contributed by atoms with Crippen molar-refractivity contribution in [2.45, 2.75) is 39.0 Å². The predicted molar refractivity (Wildman–Crippen MR) is 66.0 cm³/mol. The van der Waals surface area contributed by atoms with Crippen LogP contribution in [0.2, 0.25) is 0 Å². The van der Waals surface area contributed by atoms with Crippen molar-refractivity contribution in [3.8, 4) is 0 Å². The molecule has 1 heterocycles. The Balaban J connectivity index is 2.21. The number of rotatable bonds is 8. The van der Waals surface area contributed by atoms with Gasteiger partial charge >= 0.3 is 0 Å². The number of amides is 1. The zero-order chi connectivity index (χ0) is 12.5. The van der Waals surface area contributed by atoms with Crippen molar-refractivity contribution in [1.29, 1.82) is 0 Å². The van der Waals surface area contributed by atoms with Gasteiger partial charge in [0.05, 0.1) is 11.8 Å². The van der Waals surface area contributed by atoms with Crippen LogP contribution in [0.25, 0.3) is 0 Å². The zero-order valence-electron chi connectivity index (χ0n) is 10.4. The van der Waals surface area contributed by atoms with Gasteiger partial charge in [-0.25, -0.2) is 0 Å². The number of aliphatic hydroxyl groups excluding tert-OH is 1. The third kappa shape index (κ3) is 4.61. The lowest BCUT2D eigenvalue weighted by molar-refractivity contribution is 0.0951. The first-order chi connectivity index (χ1) is 8.29. The second kappa shape index (κ2) is 7.90. The van der Waals surface area contributed by atoms with E-state index in [9.17, 15) is 4.79 Å². The van der Waals surface area contributed by atoms with E-state index in [1.54, 1.807) is 12.3 Å². The molecule has 0 fully saturated rings. The first-order valence-corrected chi connectivity index (χ1v) is 6.25. The van der Waals surface area contributed by atoms with Gasteiger partial charge in [-0.3, -0.25) is 4.79 Å². The molecule has 1 aromatic heterocycles. The second-order valence-electron chi connectivity index (χ2n) is 4.00. The average molecular weight is 239 g/mol. The maximum absolute atomic E-state index is 11.8. The van der Waals surface area contributed by atoms with E-state index in [-0.39, 0.29) is 12.5 Å². The number of aryl methyl sites for hydroxylation is 1. The van der Waals surface area contributed by atoms with Crippen molar-refractivity contribution < 1.29 is 14.3 Å². The standard InChI is InChI=1S/C13H21NO3/c1-2-12-11(7-10-17-12)13(16)14-8-5-3-4-6-9-15/h7,10,15H,2-6,8-9H2,1H3,(H,14,16). The molecule has 1 rings (SSSR count). The van der Waals surface area contributed by atoms with E-state index in [0.717, 1.165) is 37.9 Å². The molecule has 0 aliphatic carbocycles. The van der Waals surface area contributed by atoms with Crippen molar-refractivity contribution in [2.24, 2.45) is 0 Å². The highest BCUT2D eigenvalue weighted by molar-refractivity contribution is 5.95. The van der Waals surface area contributed by atoms with Crippen molar-refractivity contribution in [3.05, 3.63) is 23.7 Å². The molecular weight excluding hydrogens is 218 g/mol. The zero-order valence-corrected chi connectivity index (χ0v) is 10.4. The van der Waals surface area contributed by atoms with Gasteiger partial charge in [0.2, 0.25) is 0 Å². The summed E-state index contributed by atoms with van der Waals surface area (Å²) in [6.45, 7) is 2.89. The van der Waals surface area contributed by atoms with Crippen molar-refractivity contribution >= 4 is 5.91 Å². The topological polar surface area (TPSA) is 62.5 Å². The lowest BCUT2D eigenvalue weighted by Crippen LogP contribution is -2.24. The van der Waals surface area contributed by atoms with Gasteiger partial charge in [-0.2, -0.15) is 0 Å². The molecule has 2 N–H and O–H groups in total. The van der Waals surface area contributed by atoms with Crippen LogP contribution in [0.4, 0.5) is 0 Å². The van der Waals surface area contributed by atoms with E-state index in [4.69, 9.17) is 9.52 Å². The number of furan rings is 1. The number of carbonyl (C=O) groups is 1. The Morgan fingerprint density at radius 2 is 2.12 bits per heavy atom. The van der Waals surface area contributed by atoms with Crippen LogP contribution in [0, 0.1) is 0 Å². The molecule has 0 spiro atoms. The first kappa shape index (κ1) is 13.8. The number of nitrogens with one attached hydrogen (secondary N) is 1. The Hall–Kier alpha value is -1.29. The van der Waals surface area contributed by atoms with Crippen molar-refractivity contribution in [3.63, 3.8) is 0 Å². The molecule has 1 aromatic rings. The quantitative estimate of drug-likeness (QED) is 0.683. The van der Waals surface area contributed by atoms with Crippen LogP contribution in [-0.2, 0) is 6.42 Å². The molecule has 4 heteroatoms. The van der Waals surface area contributed by atoms with E-state index in [2.05, 4.69) is 5.32 Å². The highest BCUT2D eigenvalue weighted by Gasteiger charge is 2.11. The van der Waals surface area contributed by atoms with Crippen LogP contribution in [0.15, 0.2) is 16.7 Å². The van der Waals surface area contributed by atoms with Gasteiger partial charge in [-0.05, 0) is 18.9 Å². The van der Waals surface area contributed by atoms with Gasteiger partial charge in [-0.15, -0.1) is 0 Å². The molecule has 0 radical (unpaired) electrons. The minimum atomic E-state index is -0.0576. The van der Waals surface area contributed by atoms with Gasteiger partial charge in [-0.1, -0.05) is 19.8 Å². The fourth-order valence-corrected chi connectivity index (χ4v) is 1.70. The van der Waals surface area contributed by atoms with Crippen LogP contribution < -0.4 is 5.32 Å². The van der Waals surface area contributed by atoms with E-state index in [0.29, 0.717) is 12.1 Å². The molecule has 4 nitrogen and oxygen atoms in total. The summed E-state index contributed by atoms with van der Waals surface area (Å²) in [7, 11) is 0. The number of hydrogen-bond acceptors (Lipinski definition) is 3. The highest BCUT2D eigenvalue weighted by atomic mass is 16.3. The third-order valence-corrected chi connectivity index (χ3v) is 2.68. The minimum absolute atomic E-state index is 0.0576. The van der Waals surface area contributed by atoms with Crippen LogP contribution >= 0.6 is 0 Å². The Labute approximate surface area is 102 Å². The summed E-state index contributed by atoms with van der Waals surface area (Å²) in [4.78, 5) is 11.8. The lowest BCUT2D eigenvalue weighted by atomic mass is 10.2. The number of aliphatic hydroxyl groups is 1. The summed E-state index contributed by atoms with van der Waals surface area (Å²) in [5.41, 5.74) is 0.642. The SMILES string of the molecule is CCc1occc1C(=O)NCCCCCCO. The predicted octanol–water partition coefficient (Wildman–Crippen LogP) is 2.12. The van der Waals surface area contributed by atoms with Crippen LogP contribution in [0.1, 0.15) is 48.7 Å². The number of hydrogen-bond donors (Lipinski definition) is 2. The van der Waals surface area contributed by atoms with Crippen LogP contribution in [0.5, 0.6) is 0 Å². The monoisotopic (exact) mass is 239 g/mol. The summed E-state index contributed by atoms with van der Waals surface area (Å²) in [5, 5.41) is 11.5. The van der Waals surface area contributed by atoms with Gasteiger partial charge < -0.3 is 14.8 Å². The van der Waals surface area contributed by atoms with Crippen LogP contribution in [0.3, 0.4) is 0 Å². The second-order valence-corrected chi connectivity index (χ2v) is 4.00. The Morgan fingerprint density at radius 3 is 2.82 bits per heavy atom. The molecule has 1 amide bonds. The molecule has 0 bridgehead atoms. The van der Waals surface area contributed by atoms with E-state index in [1.807, 2.05) is 6.92 Å². The minimum Gasteiger partial charge on any atom is -0.469 e. The van der Waals surface area contributed by atoms with Crippen molar-refractivity contribution in [2.75, 3.05) is 13.2 Å².